The summed E-state index contributed by atoms with van der Waals surface area (Å²) in [5, 5.41) is 13.4. The highest BCUT2D eigenvalue weighted by Gasteiger charge is 2.21. The molecule has 0 spiro atoms. The molecule has 0 amide bonds. The van der Waals surface area contributed by atoms with Gasteiger partial charge in [0, 0.05) is 35.2 Å². The minimum Gasteiger partial charge on any atom is -0.619 e. The summed E-state index contributed by atoms with van der Waals surface area (Å²) < 4.78 is 66.6. The van der Waals surface area contributed by atoms with Gasteiger partial charge in [-0.15, -0.1) is 11.3 Å². The molecule has 6 nitrogen and oxygen atoms in total. The van der Waals surface area contributed by atoms with Gasteiger partial charge >= 0.3 is 13.2 Å². The Hall–Kier alpha value is -3.86. The topological polar surface area (TPSA) is 67.5 Å². The van der Waals surface area contributed by atoms with E-state index < -0.39 is 30.6 Å². The number of pyridine rings is 2. The Morgan fingerprint density at radius 1 is 0.889 bits per heavy atom. The molecule has 1 atom stereocenters. The fourth-order valence-electron chi connectivity index (χ4n) is 3.59. The van der Waals surface area contributed by atoms with E-state index in [4.69, 9.17) is 4.74 Å². The Labute approximate surface area is 207 Å². The highest BCUT2D eigenvalue weighted by molar-refractivity contribution is 7.09. The van der Waals surface area contributed by atoms with Crippen LogP contribution in [-0.2, 0) is 13.0 Å². The Morgan fingerprint density at radius 3 is 2.25 bits per heavy atom. The third-order valence-electron chi connectivity index (χ3n) is 5.22. The summed E-state index contributed by atoms with van der Waals surface area (Å²) in [6.45, 7) is -6.07. The van der Waals surface area contributed by atoms with E-state index in [9.17, 15) is 22.8 Å². The van der Waals surface area contributed by atoms with Gasteiger partial charge in [0.1, 0.15) is 6.61 Å². The maximum atomic E-state index is 13.0. The number of hydrogen-bond acceptors (Lipinski definition) is 6. The molecule has 0 N–H and O–H groups in total. The zero-order valence-corrected chi connectivity index (χ0v) is 19.4. The molecule has 0 aliphatic rings. The number of nitrogens with zero attached hydrogens (tertiary/aromatic N) is 2. The molecule has 0 aliphatic heterocycles. The van der Waals surface area contributed by atoms with Crippen LogP contribution in [0, 0.1) is 5.21 Å². The molecule has 0 saturated carbocycles. The summed E-state index contributed by atoms with van der Waals surface area (Å²) in [6.07, 6.45) is 4.65. The van der Waals surface area contributed by atoms with Crippen molar-refractivity contribution >= 4 is 11.3 Å². The first-order valence-corrected chi connectivity index (χ1v) is 11.6. The van der Waals surface area contributed by atoms with Gasteiger partial charge in [-0.25, -0.2) is 4.98 Å². The minimum atomic E-state index is -3.23. The van der Waals surface area contributed by atoms with Crippen LogP contribution in [0.1, 0.15) is 27.5 Å². The zero-order chi connectivity index (χ0) is 25.5. The van der Waals surface area contributed by atoms with Crippen molar-refractivity contribution in [3.8, 4) is 17.4 Å². The van der Waals surface area contributed by atoms with Gasteiger partial charge < -0.3 is 19.4 Å². The van der Waals surface area contributed by atoms with Gasteiger partial charge in [0.2, 0.25) is 5.88 Å². The van der Waals surface area contributed by atoms with Crippen molar-refractivity contribution in [3.05, 3.63) is 105 Å². The summed E-state index contributed by atoms with van der Waals surface area (Å²) in [5.41, 5.74) is 2.00. The zero-order valence-electron chi connectivity index (χ0n) is 18.6. The molecule has 0 bridgehead atoms. The molecule has 188 valence electrons. The molecule has 0 saturated heterocycles. The van der Waals surface area contributed by atoms with Crippen molar-refractivity contribution in [1.29, 1.82) is 0 Å². The normalized spacial score (nSPS) is 12.1. The average molecular weight is 521 g/mol. The van der Waals surface area contributed by atoms with Crippen LogP contribution >= 0.6 is 11.3 Å². The van der Waals surface area contributed by atoms with Crippen molar-refractivity contribution in [2.45, 2.75) is 32.2 Å². The molecular formula is C25H20F4N2O4S. The molecule has 4 rings (SSSR count). The largest absolute Gasteiger partial charge is 0.619 e. The lowest BCUT2D eigenvalue weighted by Crippen LogP contribution is -2.24. The Morgan fingerprint density at radius 2 is 1.61 bits per heavy atom. The van der Waals surface area contributed by atoms with Crippen molar-refractivity contribution in [2.24, 2.45) is 0 Å². The predicted octanol–water partition coefficient (Wildman–Crippen LogP) is 5.93. The van der Waals surface area contributed by atoms with E-state index >= 15 is 0 Å². The van der Waals surface area contributed by atoms with Crippen molar-refractivity contribution in [1.82, 2.24) is 4.98 Å². The second-order valence-electron chi connectivity index (χ2n) is 7.58. The fraction of sp³-hybridized carbons (Fsp3) is 0.200. The number of thiophene rings is 1. The van der Waals surface area contributed by atoms with E-state index in [2.05, 4.69) is 14.5 Å². The van der Waals surface area contributed by atoms with Crippen LogP contribution in [0.15, 0.2) is 78.6 Å². The lowest BCUT2D eigenvalue weighted by atomic mass is 9.87. The Balaban J connectivity index is 1.64. The van der Waals surface area contributed by atoms with Gasteiger partial charge in [-0.05, 0) is 46.7 Å². The van der Waals surface area contributed by atoms with Gasteiger partial charge in [0.05, 0.1) is 0 Å². The van der Waals surface area contributed by atoms with Crippen molar-refractivity contribution in [3.63, 3.8) is 0 Å². The summed E-state index contributed by atoms with van der Waals surface area (Å²) in [4.78, 5) is 5.40. The molecule has 1 unspecified atom stereocenters. The third-order valence-corrected chi connectivity index (χ3v) is 6.07. The van der Waals surface area contributed by atoms with E-state index in [0.29, 0.717) is 34.8 Å². The first-order valence-electron chi connectivity index (χ1n) is 10.7. The van der Waals surface area contributed by atoms with Crippen LogP contribution in [0.5, 0.6) is 17.4 Å². The molecule has 0 radical (unpaired) electrons. The molecule has 0 aliphatic carbocycles. The number of alkyl halides is 4. The second-order valence-corrected chi connectivity index (χ2v) is 8.62. The quantitative estimate of drug-likeness (QED) is 0.139. The Bertz CT molecular complexity index is 1240. The van der Waals surface area contributed by atoms with Crippen molar-refractivity contribution in [2.75, 3.05) is 0 Å². The first-order chi connectivity index (χ1) is 17.4. The molecule has 11 heteroatoms. The van der Waals surface area contributed by atoms with Gasteiger partial charge in [-0.1, -0.05) is 18.2 Å². The average Bonchev–Trinajstić information content (AvgIpc) is 3.37. The number of halogens is 4. The van der Waals surface area contributed by atoms with Crippen LogP contribution in [0.2, 0.25) is 0 Å². The highest BCUT2D eigenvalue weighted by Crippen LogP contribution is 2.37. The van der Waals surface area contributed by atoms with Crippen molar-refractivity contribution < 1.29 is 36.5 Å². The van der Waals surface area contributed by atoms with Gasteiger partial charge in [0.15, 0.2) is 23.9 Å². The third kappa shape index (κ3) is 6.85. The van der Waals surface area contributed by atoms with Gasteiger partial charge in [-0.3, -0.25) is 0 Å². The number of benzene rings is 1. The first kappa shape index (κ1) is 25.2. The summed E-state index contributed by atoms with van der Waals surface area (Å²) in [6, 6.07) is 14.5. The number of ether oxygens (including phenoxy) is 3. The van der Waals surface area contributed by atoms with E-state index in [0.717, 1.165) is 16.5 Å². The molecule has 1 aromatic carbocycles. The minimum absolute atomic E-state index is 0.362. The second kappa shape index (κ2) is 11.7. The summed E-state index contributed by atoms with van der Waals surface area (Å²) in [7, 11) is 0. The maximum absolute atomic E-state index is 13.0. The summed E-state index contributed by atoms with van der Waals surface area (Å²) >= 11 is 1.56. The van der Waals surface area contributed by atoms with Crippen LogP contribution < -0.4 is 18.9 Å². The lowest BCUT2D eigenvalue weighted by molar-refractivity contribution is -0.605. The van der Waals surface area contributed by atoms with Crippen LogP contribution in [-0.4, -0.2) is 18.2 Å². The molecule has 4 aromatic rings. The van der Waals surface area contributed by atoms with E-state index in [1.807, 2.05) is 17.5 Å². The van der Waals surface area contributed by atoms with E-state index in [-0.39, 0.29) is 0 Å². The molecule has 0 fully saturated rings. The molecule has 36 heavy (non-hydrogen) atoms. The van der Waals surface area contributed by atoms with Crippen LogP contribution in [0.3, 0.4) is 0 Å². The standard InChI is InChI=1S/C25H20F4N2O4S/c26-24(27)34-21-5-3-17(13-22(21)35-25(28)29)20(12-16-7-9-31(32)10-8-16)18-4-6-23(30-14-18)33-15-19-2-1-11-36-19/h1-11,13-14,20,24-25H,12,15H2. The number of hydrogen-bond donors (Lipinski definition) is 0. The summed E-state index contributed by atoms with van der Waals surface area (Å²) in [5.74, 6) is -1.05. The highest BCUT2D eigenvalue weighted by atomic mass is 32.1. The predicted molar refractivity (Wildman–Crippen MR) is 124 cm³/mol. The van der Waals surface area contributed by atoms with E-state index in [1.54, 1.807) is 41.8 Å². The number of aromatic nitrogens is 2. The lowest BCUT2D eigenvalue weighted by Gasteiger charge is -2.20. The van der Waals surface area contributed by atoms with Crippen LogP contribution in [0.4, 0.5) is 17.6 Å². The SMILES string of the molecule is [O-][n+]1ccc(CC(c2ccc(OCc3cccs3)nc2)c2ccc(OC(F)F)c(OC(F)F)c2)cc1. The van der Waals surface area contributed by atoms with E-state index in [1.165, 1.54) is 24.5 Å². The maximum Gasteiger partial charge on any atom is 0.387 e. The Kier molecular flexibility index (Phi) is 8.21. The monoisotopic (exact) mass is 520 g/mol. The molecule has 3 aromatic heterocycles. The number of rotatable bonds is 11. The van der Waals surface area contributed by atoms with Crippen LogP contribution in [0.25, 0.3) is 0 Å². The molecular weight excluding hydrogens is 500 g/mol. The fourth-order valence-corrected chi connectivity index (χ4v) is 4.21. The smallest absolute Gasteiger partial charge is 0.387 e. The van der Waals surface area contributed by atoms with Gasteiger partial charge in [-0.2, -0.15) is 22.3 Å². The molecule has 3 heterocycles. The van der Waals surface area contributed by atoms with Gasteiger partial charge in [0.25, 0.3) is 0 Å².